The molecule has 0 spiro atoms. The number of amides is 3. The van der Waals surface area contributed by atoms with Gasteiger partial charge < -0.3 is 20.7 Å². The quantitative estimate of drug-likeness (QED) is 0.666. The van der Waals surface area contributed by atoms with E-state index in [4.69, 9.17) is 22.1 Å². The Kier molecular flexibility index (Phi) is 6.44. The molecule has 2 aromatic rings. The average Bonchev–Trinajstić information content (AvgIpc) is 3.39. The first kappa shape index (κ1) is 22.6. The first-order chi connectivity index (χ1) is 15.4. The number of anilines is 1. The van der Waals surface area contributed by atoms with E-state index in [-0.39, 0.29) is 12.0 Å². The molecule has 1 aliphatic carbocycles. The molecule has 7 nitrogen and oxygen atoms in total. The maximum absolute atomic E-state index is 13.6. The van der Waals surface area contributed by atoms with Crippen molar-refractivity contribution in [2.45, 2.75) is 51.0 Å². The van der Waals surface area contributed by atoms with E-state index >= 15 is 0 Å². The molecular formula is C23H26ClN3O4S. The van der Waals surface area contributed by atoms with Crippen LogP contribution in [0.5, 0.6) is 0 Å². The van der Waals surface area contributed by atoms with Crippen molar-refractivity contribution in [3.8, 4) is 0 Å². The molecule has 0 bridgehead atoms. The van der Waals surface area contributed by atoms with Crippen LogP contribution in [0, 0.1) is 0 Å². The fourth-order valence-electron chi connectivity index (χ4n) is 4.74. The number of hydrogen-bond acceptors (Lipinski definition) is 5. The van der Waals surface area contributed by atoms with Crippen molar-refractivity contribution < 1.29 is 19.1 Å². The van der Waals surface area contributed by atoms with Crippen LogP contribution in [0.1, 0.15) is 59.0 Å². The highest BCUT2D eigenvalue weighted by Gasteiger charge is 2.43. The van der Waals surface area contributed by atoms with E-state index in [2.05, 4.69) is 5.32 Å². The van der Waals surface area contributed by atoms with Gasteiger partial charge in [-0.3, -0.25) is 9.59 Å². The number of nitrogens with two attached hydrogens (primary N) is 1. The van der Waals surface area contributed by atoms with Gasteiger partial charge in [0, 0.05) is 16.4 Å². The van der Waals surface area contributed by atoms with Crippen molar-refractivity contribution in [3.63, 3.8) is 0 Å². The third-order valence-corrected chi connectivity index (χ3v) is 7.73. The van der Waals surface area contributed by atoms with E-state index in [9.17, 15) is 14.4 Å². The molecule has 3 N–H and O–H groups in total. The largest absolute Gasteiger partial charge is 0.450 e. The Morgan fingerprint density at radius 2 is 1.91 bits per heavy atom. The van der Waals surface area contributed by atoms with Crippen LogP contribution in [0.2, 0.25) is 5.02 Å². The topological polar surface area (TPSA) is 102 Å². The molecule has 1 aromatic heterocycles. The molecule has 2 heterocycles. The standard InChI is InChI=1S/C23H26ClN3O4S/c1-2-31-22(30)27-12-9-16-17(13-27)32-20(18(16)19(25)28)26-21(29)23(10-3-4-11-23)14-5-7-15(24)8-6-14/h5-8H,2-4,9-13H2,1H3,(H2,25,28)(H,26,29). The Hall–Kier alpha value is -2.58. The van der Waals surface area contributed by atoms with Crippen LogP contribution in [0.15, 0.2) is 24.3 Å². The molecule has 4 rings (SSSR count). The van der Waals surface area contributed by atoms with Crippen LogP contribution in [-0.4, -0.2) is 36.0 Å². The second-order valence-corrected chi connectivity index (χ2v) is 9.73. The summed E-state index contributed by atoms with van der Waals surface area (Å²) in [7, 11) is 0. The SMILES string of the molecule is CCOC(=O)N1CCc2c(sc(NC(=O)C3(c4ccc(Cl)cc4)CCCC3)c2C(N)=O)C1. The van der Waals surface area contributed by atoms with Crippen LogP contribution < -0.4 is 11.1 Å². The molecule has 1 aliphatic heterocycles. The first-order valence-electron chi connectivity index (χ1n) is 10.8. The first-order valence-corrected chi connectivity index (χ1v) is 12.0. The number of carbonyl (C=O) groups is 3. The minimum Gasteiger partial charge on any atom is -0.450 e. The molecule has 1 saturated carbocycles. The Labute approximate surface area is 195 Å². The van der Waals surface area contributed by atoms with Crippen molar-refractivity contribution in [2.24, 2.45) is 5.73 Å². The maximum atomic E-state index is 13.6. The number of hydrogen-bond donors (Lipinski definition) is 2. The lowest BCUT2D eigenvalue weighted by Gasteiger charge is -2.28. The summed E-state index contributed by atoms with van der Waals surface area (Å²) in [5, 5.41) is 4.10. The average molecular weight is 476 g/mol. The molecule has 0 radical (unpaired) electrons. The number of nitrogens with zero attached hydrogens (tertiary/aromatic N) is 1. The summed E-state index contributed by atoms with van der Waals surface area (Å²) in [6, 6.07) is 7.40. The summed E-state index contributed by atoms with van der Waals surface area (Å²) in [6.07, 6.45) is 3.47. The number of halogens is 1. The van der Waals surface area contributed by atoms with Crippen molar-refractivity contribution >= 4 is 45.8 Å². The van der Waals surface area contributed by atoms with Crippen molar-refractivity contribution in [3.05, 3.63) is 50.9 Å². The van der Waals surface area contributed by atoms with E-state index in [1.54, 1.807) is 24.0 Å². The summed E-state index contributed by atoms with van der Waals surface area (Å²) in [5.41, 5.74) is 7.13. The summed E-state index contributed by atoms with van der Waals surface area (Å²) in [4.78, 5) is 40.5. The number of rotatable bonds is 5. The van der Waals surface area contributed by atoms with Gasteiger partial charge >= 0.3 is 6.09 Å². The van der Waals surface area contributed by atoms with Gasteiger partial charge in [-0.05, 0) is 49.4 Å². The van der Waals surface area contributed by atoms with Crippen LogP contribution in [0.3, 0.4) is 0 Å². The summed E-state index contributed by atoms with van der Waals surface area (Å²) >= 11 is 7.36. The smallest absolute Gasteiger partial charge is 0.410 e. The van der Waals surface area contributed by atoms with Crippen LogP contribution in [-0.2, 0) is 27.9 Å². The second kappa shape index (κ2) is 9.11. The van der Waals surface area contributed by atoms with Crippen LogP contribution >= 0.6 is 22.9 Å². The fraction of sp³-hybridized carbons (Fsp3) is 0.435. The third kappa shape index (κ3) is 4.09. The number of benzene rings is 1. The molecule has 2 aliphatic rings. The van der Waals surface area contributed by atoms with E-state index < -0.39 is 11.3 Å². The van der Waals surface area contributed by atoms with E-state index in [0.717, 1.165) is 41.7 Å². The number of carbonyl (C=O) groups excluding carboxylic acids is 3. The molecule has 0 unspecified atom stereocenters. The molecule has 1 aromatic carbocycles. The summed E-state index contributed by atoms with van der Waals surface area (Å²) in [6.45, 7) is 2.83. The molecule has 32 heavy (non-hydrogen) atoms. The number of primary amides is 1. The van der Waals surface area contributed by atoms with Gasteiger partial charge in [-0.25, -0.2) is 4.79 Å². The van der Waals surface area contributed by atoms with Gasteiger partial charge in [0.25, 0.3) is 5.91 Å². The van der Waals surface area contributed by atoms with Gasteiger partial charge in [0.15, 0.2) is 0 Å². The van der Waals surface area contributed by atoms with Gasteiger partial charge in [0.1, 0.15) is 5.00 Å². The molecular weight excluding hydrogens is 450 g/mol. The van der Waals surface area contributed by atoms with Crippen molar-refractivity contribution in [1.29, 1.82) is 0 Å². The predicted molar refractivity (Wildman–Crippen MR) is 124 cm³/mol. The normalized spacial score (nSPS) is 17.0. The number of thiophene rings is 1. The zero-order valence-electron chi connectivity index (χ0n) is 17.9. The van der Waals surface area contributed by atoms with Gasteiger partial charge in [-0.15, -0.1) is 11.3 Å². The summed E-state index contributed by atoms with van der Waals surface area (Å²) in [5.74, 6) is -0.713. The number of nitrogens with one attached hydrogen (secondary N) is 1. The van der Waals surface area contributed by atoms with E-state index in [0.29, 0.717) is 41.7 Å². The molecule has 1 fully saturated rings. The number of ether oxygens (including phenoxy) is 1. The van der Waals surface area contributed by atoms with E-state index in [1.165, 1.54) is 11.3 Å². The van der Waals surface area contributed by atoms with Gasteiger partial charge in [-0.1, -0.05) is 36.6 Å². The molecule has 0 saturated heterocycles. The maximum Gasteiger partial charge on any atom is 0.410 e. The monoisotopic (exact) mass is 475 g/mol. The predicted octanol–water partition coefficient (Wildman–Crippen LogP) is 4.47. The van der Waals surface area contributed by atoms with Crippen LogP contribution in [0.4, 0.5) is 9.80 Å². The Morgan fingerprint density at radius 3 is 2.53 bits per heavy atom. The summed E-state index contributed by atoms with van der Waals surface area (Å²) < 4.78 is 5.10. The van der Waals surface area contributed by atoms with Crippen LogP contribution in [0.25, 0.3) is 0 Å². The highest BCUT2D eigenvalue weighted by atomic mass is 35.5. The zero-order valence-corrected chi connectivity index (χ0v) is 19.5. The Morgan fingerprint density at radius 1 is 1.22 bits per heavy atom. The highest BCUT2D eigenvalue weighted by molar-refractivity contribution is 7.17. The van der Waals surface area contributed by atoms with Crippen molar-refractivity contribution in [2.75, 3.05) is 18.5 Å². The third-order valence-electron chi connectivity index (χ3n) is 6.34. The van der Waals surface area contributed by atoms with Gasteiger partial charge in [-0.2, -0.15) is 0 Å². The Bertz CT molecular complexity index is 1040. The lowest BCUT2D eigenvalue weighted by Crippen LogP contribution is -2.38. The molecule has 0 atom stereocenters. The molecule has 3 amide bonds. The molecule has 9 heteroatoms. The highest BCUT2D eigenvalue weighted by Crippen LogP contribution is 2.44. The lowest BCUT2D eigenvalue weighted by molar-refractivity contribution is -0.121. The number of fused-ring (bicyclic) bond motifs is 1. The second-order valence-electron chi connectivity index (χ2n) is 8.19. The van der Waals surface area contributed by atoms with Gasteiger partial charge in [0.05, 0.1) is 24.1 Å². The zero-order chi connectivity index (χ0) is 22.9. The van der Waals surface area contributed by atoms with Gasteiger partial charge in [0.2, 0.25) is 5.91 Å². The minimum absolute atomic E-state index is 0.138. The molecule has 170 valence electrons. The minimum atomic E-state index is -0.666. The lowest BCUT2D eigenvalue weighted by atomic mass is 9.78. The Balaban J connectivity index is 1.64. The van der Waals surface area contributed by atoms with Crippen molar-refractivity contribution in [1.82, 2.24) is 4.90 Å². The van der Waals surface area contributed by atoms with E-state index in [1.807, 2.05) is 12.1 Å². The fourth-order valence-corrected chi connectivity index (χ4v) is 6.13.